The third kappa shape index (κ3) is 2.86. The van der Waals surface area contributed by atoms with Gasteiger partial charge >= 0.3 is 0 Å². The third-order valence-corrected chi connectivity index (χ3v) is 3.28. The van der Waals surface area contributed by atoms with Crippen molar-refractivity contribution in [3.8, 4) is 0 Å². The Morgan fingerprint density at radius 1 is 1.55 bits per heavy atom. The molecule has 0 aromatic heterocycles. The van der Waals surface area contributed by atoms with Crippen LogP contribution in [0, 0.1) is 10.1 Å². The van der Waals surface area contributed by atoms with Crippen LogP contribution in [0.5, 0.6) is 0 Å². The van der Waals surface area contributed by atoms with Crippen molar-refractivity contribution in [2.45, 2.75) is 12.1 Å². The molecule has 0 saturated carbocycles. The Morgan fingerprint density at radius 2 is 2.30 bits per heavy atom. The zero-order valence-corrected chi connectivity index (χ0v) is 11.0. The van der Waals surface area contributed by atoms with E-state index >= 15 is 0 Å². The van der Waals surface area contributed by atoms with Gasteiger partial charge in [0, 0.05) is 31.8 Å². The van der Waals surface area contributed by atoms with Crippen molar-refractivity contribution in [1.82, 2.24) is 5.32 Å². The van der Waals surface area contributed by atoms with E-state index in [0.717, 1.165) is 0 Å². The second kappa shape index (κ2) is 5.85. The molecule has 1 aliphatic rings. The minimum Gasteiger partial charge on any atom is -0.378 e. The maximum atomic E-state index is 11.2. The number of nitro benzene ring substituents is 1. The van der Waals surface area contributed by atoms with Crippen LogP contribution >= 0.6 is 0 Å². The van der Waals surface area contributed by atoms with Crippen LogP contribution in [0.15, 0.2) is 18.2 Å². The molecule has 1 amide bonds. The van der Waals surface area contributed by atoms with Crippen LogP contribution < -0.4 is 16.4 Å². The summed E-state index contributed by atoms with van der Waals surface area (Å²) < 4.78 is 5.29. The minimum absolute atomic E-state index is 0.0909. The third-order valence-electron chi connectivity index (χ3n) is 3.28. The van der Waals surface area contributed by atoms with E-state index in [1.54, 1.807) is 7.11 Å². The number of nitrogens with zero attached hydrogens (tertiary/aromatic N) is 1. The van der Waals surface area contributed by atoms with Crippen LogP contribution in [0.2, 0.25) is 0 Å². The van der Waals surface area contributed by atoms with Crippen molar-refractivity contribution in [2.24, 2.45) is 5.73 Å². The van der Waals surface area contributed by atoms with Gasteiger partial charge in [-0.3, -0.25) is 14.9 Å². The van der Waals surface area contributed by atoms with Gasteiger partial charge in [-0.1, -0.05) is 0 Å². The van der Waals surface area contributed by atoms with Gasteiger partial charge in [0.05, 0.1) is 17.1 Å². The SMILES string of the molecule is CO[C@H]1CNCC1Nc1cc(C(N)=O)ccc1[N+](=O)[O-]. The first-order chi connectivity index (χ1) is 9.52. The lowest BCUT2D eigenvalue weighted by molar-refractivity contribution is -0.384. The summed E-state index contributed by atoms with van der Waals surface area (Å²) in [6.07, 6.45) is -0.0909. The van der Waals surface area contributed by atoms with Crippen LogP contribution in [0.25, 0.3) is 0 Å². The largest absolute Gasteiger partial charge is 0.378 e. The molecule has 2 atom stereocenters. The van der Waals surface area contributed by atoms with E-state index in [0.29, 0.717) is 13.1 Å². The molecule has 2 rings (SSSR count). The second-order valence-corrected chi connectivity index (χ2v) is 4.54. The zero-order chi connectivity index (χ0) is 14.7. The highest BCUT2D eigenvalue weighted by Crippen LogP contribution is 2.27. The summed E-state index contributed by atoms with van der Waals surface area (Å²) in [6, 6.07) is 3.90. The Labute approximate surface area is 115 Å². The fourth-order valence-corrected chi connectivity index (χ4v) is 2.21. The van der Waals surface area contributed by atoms with Crippen molar-refractivity contribution in [3.05, 3.63) is 33.9 Å². The van der Waals surface area contributed by atoms with E-state index in [4.69, 9.17) is 10.5 Å². The van der Waals surface area contributed by atoms with Crippen molar-refractivity contribution >= 4 is 17.3 Å². The molecule has 1 aromatic carbocycles. The number of nitrogens with one attached hydrogen (secondary N) is 2. The number of primary amides is 1. The predicted octanol–water partition coefficient (Wildman–Crippen LogP) is 0.0924. The lowest BCUT2D eigenvalue weighted by atomic mass is 10.1. The molecule has 0 aliphatic carbocycles. The van der Waals surface area contributed by atoms with Gasteiger partial charge in [-0.05, 0) is 12.1 Å². The van der Waals surface area contributed by atoms with Crippen molar-refractivity contribution in [1.29, 1.82) is 0 Å². The maximum absolute atomic E-state index is 11.2. The number of rotatable bonds is 5. The fraction of sp³-hybridized carbons (Fsp3) is 0.417. The Bertz CT molecular complexity index is 534. The van der Waals surface area contributed by atoms with E-state index in [9.17, 15) is 14.9 Å². The summed E-state index contributed by atoms with van der Waals surface area (Å²) in [7, 11) is 1.58. The number of amides is 1. The molecular weight excluding hydrogens is 264 g/mol. The van der Waals surface area contributed by atoms with Crippen LogP contribution in [-0.4, -0.2) is 43.2 Å². The number of nitrogens with two attached hydrogens (primary N) is 1. The molecule has 1 aliphatic heterocycles. The Morgan fingerprint density at radius 3 is 2.90 bits per heavy atom. The van der Waals surface area contributed by atoms with Crippen LogP contribution in [0.1, 0.15) is 10.4 Å². The Kier molecular flexibility index (Phi) is 4.16. The molecule has 108 valence electrons. The zero-order valence-electron chi connectivity index (χ0n) is 11.0. The monoisotopic (exact) mass is 280 g/mol. The minimum atomic E-state index is -0.629. The molecule has 0 spiro atoms. The number of hydrogen-bond acceptors (Lipinski definition) is 6. The molecule has 1 saturated heterocycles. The van der Waals surface area contributed by atoms with Gasteiger partial charge in [-0.15, -0.1) is 0 Å². The average Bonchev–Trinajstić information content (AvgIpc) is 2.85. The molecule has 1 fully saturated rings. The topological polar surface area (TPSA) is 120 Å². The van der Waals surface area contributed by atoms with Crippen LogP contribution in [0.3, 0.4) is 0 Å². The van der Waals surface area contributed by atoms with Gasteiger partial charge in [0.1, 0.15) is 5.69 Å². The second-order valence-electron chi connectivity index (χ2n) is 4.54. The number of nitro groups is 1. The lowest BCUT2D eigenvalue weighted by Gasteiger charge is -2.19. The van der Waals surface area contributed by atoms with Gasteiger partial charge in [0.25, 0.3) is 5.69 Å². The average molecular weight is 280 g/mol. The van der Waals surface area contributed by atoms with Crippen LogP contribution in [0.4, 0.5) is 11.4 Å². The Hall–Kier alpha value is -2.19. The molecule has 4 N–H and O–H groups in total. The summed E-state index contributed by atoms with van der Waals surface area (Å²) in [5.41, 5.74) is 5.58. The number of carbonyl (C=O) groups excluding carboxylic acids is 1. The Balaban J connectivity index is 2.30. The van der Waals surface area contributed by atoms with Gasteiger partial charge in [-0.2, -0.15) is 0 Å². The summed E-state index contributed by atoms with van der Waals surface area (Å²) in [6.45, 7) is 1.29. The summed E-state index contributed by atoms with van der Waals surface area (Å²) in [5, 5.41) is 17.2. The number of carbonyl (C=O) groups is 1. The first-order valence-corrected chi connectivity index (χ1v) is 6.11. The molecule has 8 heteroatoms. The number of benzene rings is 1. The van der Waals surface area contributed by atoms with Gasteiger partial charge in [0.2, 0.25) is 5.91 Å². The summed E-state index contributed by atoms with van der Waals surface area (Å²) >= 11 is 0. The smallest absolute Gasteiger partial charge is 0.292 e. The first kappa shape index (κ1) is 14.2. The highest BCUT2D eigenvalue weighted by atomic mass is 16.6. The molecule has 1 aromatic rings. The van der Waals surface area contributed by atoms with Gasteiger partial charge < -0.3 is 21.1 Å². The number of methoxy groups -OCH3 is 1. The quantitative estimate of drug-likeness (QED) is 0.519. The fourth-order valence-electron chi connectivity index (χ4n) is 2.21. The molecule has 1 heterocycles. The molecule has 1 unspecified atom stereocenters. The van der Waals surface area contributed by atoms with Crippen molar-refractivity contribution < 1.29 is 14.5 Å². The highest BCUT2D eigenvalue weighted by Gasteiger charge is 2.29. The van der Waals surface area contributed by atoms with Crippen LogP contribution in [-0.2, 0) is 4.74 Å². The molecular formula is C12H16N4O4. The lowest BCUT2D eigenvalue weighted by Crippen LogP contribution is -2.33. The van der Waals surface area contributed by atoms with Crippen molar-refractivity contribution in [2.75, 3.05) is 25.5 Å². The van der Waals surface area contributed by atoms with E-state index in [1.807, 2.05) is 0 Å². The standard InChI is InChI=1S/C12H16N4O4/c1-20-11-6-14-5-9(11)15-8-4-7(12(13)17)2-3-10(8)16(18)19/h2-4,9,11,14-15H,5-6H2,1H3,(H2,13,17)/t9?,11-/m0/s1. The van der Waals surface area contributed by atoms with E-state index in [2.05, 4.69) is 10.6 Å². The molecule has 8 nitrogen and oxygen atoms in total. The molecule has 0 bridgehead atoms. The predicted molar refractivity (Wildman–Crippen MR) is 72.7 cm³/mol. The summed E-state index contributed by atoms with van der Waals surface area (Å²) in [5.74, 6) is -0.629. The molecule has 20 heavy (non-hydrogen) atoms. The van der Waals surface area contributed by atoms with E-state index in [-0.39, 0.29) is 29.1 Å². The highest BCUT2D eigenvalue weighted by molar-refractivity contribution is 5.94. The van der Waals surface area contributed by atoms with E-state index < -0.39 is 10.8 Å². The van der Waals surface area contributed by atoms with E-state index in [1.165, 1.54) is 18.2 Å². The summed E-state index contributed by atoms with van der Waals surface area (Å²) in [4.78, 5) is 21.7. The maximum Gasteiger partial charge on any atom is 0.292 e. The normalized spacial score (nSPS) is 21.6. The van der Waals surface area contributed by atoms with Gasteiger partial charge in [0.15, 0.2) is 0 Å². The van der Waals surface area contributed by atoms with Gasteiger partial charge in [-0.25, -0.2) is 0 Å². The number of hydrogen-bond donors (Lipinski definition) is 3. The number of anilines is 1. The first-order valence-electron chi connectivity index (χ1n) is 6.11. The molecule has 0 radical (unpaired) electrons. The number of ether oxygens (including phenoxy) is 1. The van der Waals surface area contributed by atoms with Crippen molar-refractivity contribution in [3.63, 3.8) is 0 Å².